The summed E-state index contributed by atoms with van der Waals surface area (Å²) in [6.07, 6.45) is 1.93. The molecule has 2 aromatic carbocycles. The van der Waals surface area contributed by atoms with Gasteiger partial charge < -0.3 is 14.7 Å². The average molecular weight is 343 g/mol. The molecule has 7 heteroatoms. The second-order valence-corrected chi connectivity index (χ2v) is 4.60. The largest absolute Gasteiger partial charge is 0.465 e. The molecule has 0 aliphatic carbocycles. The third-order valence-electron chi connectivity index (χ3n) is 2.96. The van der Waals surface area contributed by atoms with Crippen LogP contribution in [0.4, 0.5) is 0 Å². The van der Waals surface area contributed by atoms with E-state index in [1.165, 1.54) is 26.5 Å². The number of carbonyl (C=O) groups excluding carboxylic acids is 3. The van der Waals surface area contributed by atoms with Crippen LogP contribution in [0, 0.1) is 0 Å². The molecule has 0 aliphatic rings. The lowest BCUT2D eigenvalue weighted by Crippen LogP contribution is -2.01. The quantitative estimate of drug-likeness (QED) is 0.301. The number of benzene rings is 2. The van der Waals surface area contributed by atoms with E-state index in [1.807, 2.05) is 0 Å². The van der Waals surface area contributed by atoms with Crippen molar-refractivity contribution in [2.75, 3.05) is 14.2 Å². The van der Waals surface area contributed by atoms with Crippen LogP contribution in [0.2, 0.25) is 0 Å². The van der Waals surface area contributed by atoms with Crippen LogP contribution in [0.5, 0.6) is 0 Å². The Labute approximate surface area is 144 Å². The minimum atomic E-state index is -0.432. The third-order valence-corrected chi connectivity index (χ3v) is 2.96. The fraction of sp³-hybridized carbons (Fsp3) is 0.111. The maximum Gasteiger partial charge on any atom is 0.337 e. The van der Waals surface area contributed by atoms with Crippen molar-refractivity contribution >= 4 is 24.4 Å². The van der Waals surface area contributed by atoms with E-state index in [1.54, 1.807) is 42.5 Å². The summed E-state index contributed by atoms with van der Waals surface area (Å²) in [5.41, 5.74) is 1.94. The van der Waals surface area contributed by atoms with Gasteiger partial charge in [0, 0.05) is 5.56 Å². The average Bonchev–Trinajstić information content (AvgIpc) is 2.67. The highest BCUT2D eigenvalue weighted by Crippen LogP contribution is 2.05. The highest BCUT2D eigenvalue weighted by atomic mass is 16.5. The van der Waals surface area contributed by atoms with E-state index < -0.39 is 11.9 Å². The number of ether oxygens (including phenoxy) is 2. The molecule has 0 bridgehead atoms. The molecule has 130 valence electrons. The number of aldehydes is 1. The summed E-state index contributed by atoms with van der Waals surface area (Å²) < 4.78 is 9.00. The van der Waals surface area contributed by atoms with Crippen molar-refractivity contribution in [1.82, 2.24) is 0 Å². The fourth-order valence-corrected chi connectivity index (χ4v) is 1.79. The number of methoxy groups -OCH3 is 2. The van der Waals surface area contributed by atoms with Gasteiger partial charge in [-0.2, -0.15) is 0 Å². The Morgan fingerprint density at radius 1 is 0.920 bits per heavy atom. The molecule has 1 N–H and O–H groups in total. The van der Waals surface area contributed by atoms with Gasteiger partial charge in [0.2, 0.25) is 0 Å². The number of oxime groups is 1. The zero-order chi connectivity index (χ0) is 18.7. The maximum absolute atomic E-state index is 11.0. The van der Waals surface area contributed by atoms with Crippen molar-refractivity contribution in [3.05, 3.63) is 70.8 Å². The summed E-state index contributed by atoms with van der Waals surface area (Å²) in [7, 11) is 2.62. The third kappa shape index (κ3) is 6.26. The molecule has 0 atom stereocenters. The van der Waals surface area contributed by atoms with Crippen molar-refractivity contribution < 1.29 is 29.1 Å². The first kappa shape index (κ1) is 19.6. The lowest BCUT2D eigenvalue weighted by molar-refractivity contribution is 0.0592. The van der Waals surface area contributed by atoms with Crippen LogP contribution >= 0.6 is 0 Å². The van der Waals surface area contributed by atoms with E-state index in [-0.39, 0.29) is 0 Å². The van der Waals surface area contributed by atoms with Crippen molar-refractivity contribution in [3.8, 4) is 0 Å². The standard InChI is InChI=1S/C9H9NO3.C9H8O3/c1-13-9(11)8-4-2-3-7(5-8)6-10-12;1-12-9(11)8-4-2-3-7(5-8)6-10/h2-6,12H,1H3;2-6H,1H3/b10-6+;. The molecule has 0 fully saturated rings. The van der Waals surface area contributed by atoms with Gasteiger partial charge in [-0.25, -0.2) is 9.59 Å². The lowest BCUT2D eigenvalue weighted by atomic mass is 10.1. The first-order chi connectivity index (χ1) is 12.0. The van der Waals surface area contributed by atoms with E-state index in [2.05, 4.69) is 14.6 Å². The molecule has 0 amide bonds. The molecule has 0 saturated heterocycles. The fourth-order valence-electron chi connectivity index (χ4n) is 1.79. The Bertz CT molecular complexity index is 770. The summed E-state index contributed by atoms with van der Waals surface area (Å²) in [5.74, 6) is -0.841. The Kier molecular flexibility index (Phi) is 8.08. The predicted octanol–water partition coefficient (Wildman–Crippen LogP) is 2.57. The van der Waals surface area contributed by atoms with Crippen molar-refractivity contribution in [1.29, 1.82) is 0 Å². The van der Waals surface area contributed by atoms with Crippen molar-refractivity contribution in [2.45, 2.75) is 0 Å². The summed E-state index contributed by atoms with van der Waals surface area (Å²) >= 11 is 0. The van der Waals surface area contributed by atoms with Crippen LogP contribution in [0.15, 0.2) is 53.7 Å². The van der Waals surface area contributed by atoms with Gasteiger partial charge in [0.25, 0.3) is 0 Å². The smallest absolute Gasteiger partial charge is 0.337 e. The summed E-state index contributed by atoms with van der Waals surface area (Å²) in [6.45, 7) is 0. The highest BCUT2D eigenvalue weighted by Gasteiger charge is 2.04. The molecule has 0 aromatic heterocycles. The minimum Gasteiger partial charge on any atom is -0.465 e. The van der Waals surface area contributed by atoms with Gasteiger partial charge in [-0.3, -0.25) is 4.79 Å². The topological polar surface area (TPSA) is 102 Å². The van der Waals surface area contributed by atoms with Gasteiger partial charge in [0.15, 0.2) is 0 Å². The normalized spacial score (nSPS) is 9.68. The van der Waals surface area contributed by atoms with Gasteiger partial charge in [0.05, 0.1) is 31.6 Å². The van der Waals surface area contributed by atoms with Crippen LogP contribution in [-0.4, -0.2) is 43.9 Å². The predicted molar refractivity (Wildman–Crippen MR) is 90.3 cm³/mol. The van der Waals surface area contributed by atoms with Gasteiger partial charge >= 0.3 is 11.9 Å². The molecule has 0 heterocycles. The second-order valence-electron chi connectivity index (χ2n) is 4.60. The van der Waals surface area contributed by atoms with Crippen LogP contribution in [-0.2, 0) is 9.47 Å². The zero-order valence-electron chi connectivity index (χ0n) is 13.7. The molecular weight excluding hydrogens is 326 g/mol. The van der Waals surface area contributed by atoms with Gasteiger partial charge in [-0.05, 0) is 29.8 Å². The second kappa shape index (κ2) is 10.3. The Balaban J connectivity index is 0.000000251. The number of carbonyl (C=O) groups is 3. The molecule has 0 aliphatic heterocycles. The number of hydrogen-bond donors (Lipinski definition) is 1. The molecule has 0 radical (unpaired) electrons. The maximum atomic E-state index is 11.0. The number of rotatable bonds is 4. The SMILES string of the molecule is COC(=O)c1cccc(/C=N/O)c1.COC(=O)c1cccc(C=O)c1. The minimum absolute atomic E-state index is 0.391. The molecule has 25 heavy (non-hydrogen) atoms. The lowest BCUT2D eigenvalue weighted by Gasteiger charge is -1.98. The monoisotopic (exact) mass is 343 g/mol. The first-order valence-corrected chi connectivity index (χ1v) is 7.05. The van der Waals surface area contributed by atoms with Gasteiger partial charge in [-0.1, -0.05) is 29.4 Å². The van der Waals surface area contributed by atoms with E-state index in [0.29, 0.717) is 28.5 Å². The molecule has 2 rings (SSSR count). The molecule has 7 nitrogen and oxygen atoms in total. The number of hydrogen-bond acceptors (Lipinski definition) is 7. The summed E-state index contributed by atoms with van der Waals surface area (Å²) in [6, 6.07) is 12.9. The van der Waals surface area contributed by atoms with Gasteiger partial charge in [0.1, 0.15) is 6.29 Å². The van der Waals surface area contributed by atoms with Crippen LogP contribution < -0.4 is 0 Å². The molecule has 2 aromatic rings. The Hall–Kier alpha value is -3.48. The number of esters is 2. The van der Waals surface area contributed by atoms with Gasteiger partial charge in [-0.15, -0.1) is 0 Å². The van der Waals surface area contributed by atoms with E-state index >= 15 is 0 Å². The van der Waals surface area contributed by atoms with Crippen molar-refractivity contribution in [2.24, 2.45) is 5.16 Å². The Morgan fingerprint density at radius 3 is 1.84 bits per heavy atom. The molecule has 0 saturated carbocycles. The van der Waals surface area contributed by atoms with Crippen LogP contribution in [0.3, 0.4) is 0 Å². The highest BCUT2D eigenvalue weighted by molar-refractivity contribution is 5.92. The van der Waals surface area contributed by atoms with E-state index in [0.717, 1.165) is 0 Å². The van der Waals surface area contributed by atoms with Crippen LogP contribution in [0.25, 0.3) is 0 Å². The van der Waals surface area contributed by atoms with E-state index in [4.69, 9.17) is 5.21 Å². The summed E-state index contributed by atoms with van der Waals surface area (Å²) in [4.78, 5) is 32.3. The molecule has 0 unspecified atom stereocenters. The molecular formula is C18H17NO6. The zero-order valence-corrected chi connectivity index (χ0v) is 13.7. The first-order valence-electron chi connectivity index (χ1n) is 7.05. The summed E-state index contributed by atoms with van der Waals surface area (Å²) in [5, 5.41) is 11.1. The van der Waals surface area contributed by atoms with E-state index in [9.17, 15) is 14.4 Å². The number of nitrogens with zero attached hydrogens (tertiary/aromatic N) is 1. The molecule has 0 spiro atoms. The van der Waals surface area contributed by atoms with Crippen LogP contribution in [0.1, 0.15) is 36.6 Å². The van der Waals surface area contributed by atoms with Crippen molar-refractivity contribution in [3.63, 3.8) is 0 Å². The Morgan fingerprint density at radius 2 is 1.40 bits per heavy atom.